The Morgan fingerprint density at radius 1 is 0.963 bits per heavy atom. The van der Waals surface area contributed by atoms with Crippen molar-refractivity contribution in [3.05, 3.63) is 29.2 Å². The number of hydrogen-bond donors (Lipinski definition) is 0. The third-order valence-corrected chi connectivity index (χ3v) is 6.28. The van der Waals surface area contributed by atoms with Gasteiger partial charge < -0.3 is 9.09 Å². The highest BCUT2D eigenvalue weighted by Gasteiger charge is 2.34. The van der Waals surface area contributed by atoms with Crippen LogP contribution in [0.3, 0.4) is 0 Å². The number of aryl methyl sites for hydroxylation is 1. The summed E-state index contributed by atoms with van der Waals surface area (Å²) in [6.45, 7) is 8.42. The van der Waals surface area contributed by atoms with Gasteiger partial charge >= 0.3 is 0 Å². The van der Waals surface area contributed by atoms with Crippen LogP contribution in [-0.4, -0.2) is 55.9 Å². The molecule has 2 aliphatic heterocycles. The highest BCUT2D eigenvalue weighted by molar-refractivity contribution is 5.09. The standard InChI is InChI=1S/C20H30N6O/c1-15-12-18(27-23-15)13-25-10-6-16(7-11-25)20-22-21-19(26(20)17-4-5-17)14-24-8-2-3-9-24/h12,16-17H,2-11,13-14H2,1H3. The molecule has 3 fully saturated rings. The molecular formula is C20H30N6O. The second-order valence-corrected chi connectivity index (χ2v) is 8.54. The van der Waals surface area contributed by atoms with E-state index in [2.05, 4.69) is 24.6 Å². The third kappa shape index (κ3) is 3.80. The maximum absolute atomic E-state index is 5.38. The van der Waals surface area contributed by atoms with Gasteiger partial charge in [0.05, 0.1) is 18.8 Å². The number of piperidine rings is 1. The topological polar surface area (TPSA) is 63.2 Å². The van der Waals surface area contributed by atoms with Crippen molar-refractivity contribution < 1.29 is 4.52 Å². The highest BCUT2D eigenvalue weighted by Crippen LogP contribution is 2.40. The number of aromatic nitrogens is 4. The molecule has 146 valence electrons. The molecule has 4 heterocycles. The number of likely N-dealkylation sites (tertiary alicyclic amines) is 2. The predicted octanol–water partition coefficient (Wildman–Crippen LogP) is 2.88. The van der Waals surface area contributed by atoms with E-state index in [0.29, 0.717) is 12.0 Å². The quantitative estimate of drug-likeness (QED) is 0.779. The van der Waals surface area contributed by atoms with E-state index < -0.39 is 0 Å². The summed E-state index contributed by atoms with van der Waals surface area (Å²) in [5, 5.41) is 13.3. The van der Waals surface area contributed by atoms with Gasteiger partial charge in [-0.25, -0.2) is 0 Å². The van der Waals surface area contributed by atoms with E-state index in [1.54, 1.807) is 0 Å². The summed E-state index contributed by atoms with van der Waals surface area (Å²) in [7, 11) is 0. The van der Waals surface area contributed by atoms with Crippen LogP contribution in [0.15, 0.2) is 10.6 Å². The summed E-state index contributed by atoms with van der Waals surface area (Å²) in [6.07, 6.45) is 7.55. The number of nitrogens with zero attached hydrogens (tertiary/aromatic N) is 6. The molecule has 2 aromatic rings. The molecule has 3 aliphatic rings. The van der Waals surface area contributed by atoms with E-state index in [1.807, 2.05) is 13.0 Å². The summed E-state index contributed by atoms with van der Waals surface area (Å²) in [5.74, 6) is 3.97. The van der Waals surface area contributed by atoms with Gasteiger partial charge in [-0.2, -0.15) is 0 Å². The van der Waals surface area contributed by atoms with Crippen molar-refractivity contribution in [1.29, 1.82) is 0 Å². The van der Waals surface area contributed by atoms with Crippen LogP contribution in [0.5, 0.6) is 0 Å². The van der Waals surface area contributed by atoms with E-state index in [0.717, 1.165) is 50.5 Å². The van der Waals surface area contributed by atoms with Crippen molar-refractivity contribution in [3.63, 3.8) is 0 Å². The zero-order valence-corrected chi connectivity index (χ0v) is 16.3. The van der Waals surface area contributed by atoms with Crippen LogP contribution >= 0.6 is 0 Å². The van der Waals surface area contributed by atoms with Crippen molar-refractivity contribution in [2.45, 2.75) is 70.5 Å². The van der Waals surface area contributed by atoms with Crippen molar-refractivity contribution in [3.8, 4) is 0 Å². The van der Waals surface area contributed by atoms with Crippen LogP contribution in [0.2, 0.25) is 0 Å². The Bertz CT molecular complexity index is 765. The van der Waals surface area contributed by atoms with Crippen molar-refractivity contribution in [2.75, 3.05) is 26.2 Å². The van der Waals surface area contributed by atoms with Gasteiger partial charge in [-0.15, -0.1) is 10.2 Å². The van der Waals surface area contributed by atoms with Crippen LogP contribution in [0.25, 0.3) is 0 Å². The molecule has 0 bridgehead atoms. The second kappa shape index (κ2) is 7.36. The normalized spacial score (nSPS) is 22.7. The van der Waals surface area contributed by atoms with E-state index in [4.69, 9.17) is 9.62 Å². The largest absolute Gasteiger partial charge is 0.360 e. The van der Waals surface area contributed by atoms with Gasteiger partial charge in [0.1, 0.15) is 11.6 Å². The Morgan fingerprint density at radius 3 is 2.37 bits per heavy atom. The van der Waals surface area contributed by atoms with Crippen molar-refractivity contribution in [1.82, 2.24) is 29.7 Å². The molecule has 0 aromatic carbocycles. The lowest BCUT2D eigenvalue weighted by Gasteiger charge is -2.31. The molecule has 0 spiro atoms. The SMILES string of the molecule is Cc1cc(CN2CCC(c3nnc(CN4CCCC4)n3C3CC3)CC2)on1. The fourth-order valence-electron chi connectivity index (χ4n) is 4.66. The van der Waals surface area contributed by atoms with Gasteiger partial charge in [-0.05, 0) is 71.6 Å². The minimum absolute atomic E-state index is 0.540. The molecule has 0 amide bonds. The molecule has 5 rings (SSSR count). The molecule has 2 aromatic heterocycles. The summed E-state index contributed by atoms with van der Waals surface area (Å²) in [5.41, 5.74) is 0.961. The van der Waals surface area contributed by atoms with Gasteiger partial charge in [0, 0.05) is 18.0 Å². The molecule has 0 N–H and O–H groups in total. The number of hydrogen-bond acceptors (Lipinski definition) is 6. The van der Waals surface area contributed by atoms with Gasteiger partial charge in [0.15, 0.2) is 5.76 Å². The molecule has 7 nitrogen and oxygen atoms in total. The average Bonchev–Trinajstić information content (AvgIpc) is 3.05. The Hall–Kier alpha value is -1.73. The van der Waals surface area contributed by atoms with Gasteiger partial charge in [0.25, 0.3) is 0 Å². The summed E-state index contributed by atoms with van der Waals surface area (Å²) >= 11 is 0. The van der Waals surface area contributed by atoms with Crippen LogP contribution in [0.4, 0.5) is 0 Å². The summed E-state index contributed by atoms with van der Waals surface area (Å²) < 4.78 is 7.89. The number of rotatable bonds is 6. The van der Waals surface area contributed by atoms with Gasteiger partial charge in [0.2, 0.25) is 0 Å². The first-order valence-electron chi connectivity index (χ1n) is 10.6. The summed E-state index contributed by atoms with van der Waals surface area (Å²) in [6, 6.07) is 2.70. The molecule has 1 saturated carbocycles. The first-order chi connectivity index (χ1) is 13.3. The van der Waals surface area contributed by atoms with Crippen LogP contribution in [-0.2, 0) is 13.1 Å². The first kappa shape index (κ1) is 17.4. The first-order valence-corrected chi connectivity index (χ1v) is 10.6. The van der Waals surface area contributed by atoms with Crippen molar-refractivity contribution in [2.24, 2.45) is 0 Å². The zero-order chi connectivity index (χ0) is 18.2. The maximum atomic E-state index is 5.38. The summed E-state index contributed by atoms with van der Waals surface area (Å²) in [4.78, 5) is 5.01. The predicted molar refractivity (Wildman–Crippen MR) is 101 cm³/mol. The zero-order valence-electron chi connectivity index (χ0n) is 16.3. The Morgan fingerprint density at radius 2 is 1.70 bits per heavy atom. The Labute approximate surface area is 160 Å². The molecule has 1 aliphatic carbocycles. The van der Waals surface area contributed by atoms with E-state index in [-0.39, 0.29) is 0 Å². The van der Waals surface area contributed by atoms with Gasteiger partial charge in [-0.1, -0.05) is 5.16 Å². The monoisotopic (exact) mass is 370 g/mol. The fourth-order valence-corrected chi connectivity index (χ4v) is 4.66. The molecule has 0 unspecified atom stereocenters. The Kier molecular flexibility index (Phi) is 4.73. The fraction of sp³-hybridized carbons (Fsp3) is 0.750. The van der Waals surface area contributed by atoms with E-state index in [9.17, 15) is 0 Å². The molecule has 0 atom stereocenters. The Balaban J connectivity index is 1.24. The lowest BCUT2D eigenvalue weighted by molar-refractivity contribution is 0.180. The molecule has 27 heavy (non-hydrogen) atoms. The maximum Gasteiger partial charge on any atom is 0.150 e. The van der Waals surface area contributed by atoms with Crippen LogP contribution < -0.4 is 0 Å². The minimum atomic E-state index is 0.540. The van der Waals surface area contributed by atoms with Crippen LogP contribution in [0, 0.1) is 6.92 Å². The highest BCUT2D eigenvalue weighted by atomic mass is 16.5. The van der Waals surface area contributed by atoms with E-state index in [1.165, 1.54) is 50.4 Å². The molecular weight excluding hydrogens is 340 g/mol. The van der Waals surface area contributed by atoms with Crippen molar-refractivity contribution >= 4 is 0 Å². The van der Waals surface area contributed by atoms with Gasteiger partial charge in [-0.3, -0.25) is 9.80 Å². The minimum Gasteiger partial charge on any atom is -0.360 e. The smallest absolute Gasteiger partial charge is 0.150 e. The lowest BCUT2D eigenvalue weighted by Crippen LogP contribution is -2.33. The van der Waals surface area contributed by atoms with E-state index >= 15 is 0 Å². The molecule has 0 radical (unpaired) electrons. The third-order valence-electron chi connectivity index (χ3n) is 6.28. The molecule has 7 heteroatoms. The average molecular weight is 371 g/mol. The van der Waals surface area contributed by atoms with Crippen LogP contribution in [0.1, 0.15) is 73.6 Å². The molecule has 2 saturated heterocycles. The second-order valence-electron chi connectivity index (χ2n) is 8.54. The lowest BCUT2D eigenvalue weighted by atomic mass is 9.95.